The van der Waals surface area contributed by atoms with Gasteiger partial charge in [-0.3, -0.25) is 9.97 Å². The number of ether oxygens (including phenoxy) is 1. The van der Waals surface area contributed by atoms with E-state index in [-0.39, 0.29) is 0 Å². The molecule has 0 aliphatic carbocycles. The van der Waals surface area contributed by atoms with Crippen LogP contribution >= 0.6 is 0 Å². The number of nitrogens with one attached hydrogen (secondary N) is 1. The topological polar surface area (TPSA) is 50.8 Å². The Hall–Kier alpha value is -3.40. The zero-order chi connectivity index (χ0) is 16.8. The minimum absolute atomic E-state index is 0.834. The molecule has 0 spiro atoms. The molecule has 1 N–H and O–H groups in total. The summed E-state index contributed by atoms with van der Waals surface area (Å²) in [5.74, 6) is 0.834. The number of aromatic amines is 1. The van der Waals surface area contributed by atoms with E-state index in [0.717, 1.165) is 49.6 Å². The van der Waals surface area contributed by atoms with Crippen LogP contribution in [0.1, 0.15) is 0 Å². The summed E-state index contributed by atoms with van der Waals surface area (Å²) >= 11 is 0. The van der Waals surface area contributed by atoms with Gasteiger partial charge in [0.15, 0.2) is 0 Å². The summed E-state index contributed by atoms with van der Waals surface area (Å²) in [5, 5.41) is 4.56. The standard InChI is InChI=1S/C21H15N3O/c1-25-14-6-7-16-17-8-9-23-20(21(17)24-19(16)10-14)18-12-22-11-13-4-2-3-5-15(13)18/h2-12,24H,1H3. The van der Waals surface area contributed by atoms with Gasteiger partial charge in [-0.25, -0.2) is 0 Å². The Morgan fingerprint density at radius 2 is 1.84 bits per heavy atom. The SMILES string of the molecule is COc1ccc2c(c1)[nH]c1c(-c3cncc4ccccc34)nccc12. The van der Waals surface area contributed by atoms with Crippen LogP contribution in [0.3, 0.4) is 0 Å². The van der Waals surface area contributed by atoms with E-state index in [1.165, 1.54) is 0 Å². The van der Waals surface area contributed by atoms with Crippen LogP contribution in [0.2, 0.25) is 0 Å². The Morgan fingerprint density at radius 3 is 2.76 bits per heavy atom. The van der Waals surface area contributed by atoms with Crippen LogP contribution in [0.15, 0.2) is 67.1 Å². The Balaban J connectivity index is 1.87. The Morgan fingerprint density at radius 1 is 0.920 bits per heavy atom. The predicted molar refractivity (Wildman–Crippen MR) is 101 cm³/mol. The van der Waals surface area contributed by atoms with E-state index >= 15 is 0 Å². The molecule has 3 heterocycles. The van der Waals surface area contributed by atoms with Gasteiger partial charge in [0.2, 0.25) is 0 Å². The third-order valence-electron chi connectivity index (χ3n) is 4.65. The smallest absolute Gasteiger partial charge is 0.120 e. The average Bonchev–Trinajstić information content (AvgIpc) is 3.05. The van der Waals surface area contributed by atoms with Crippen molar-refractivity contribution >= 4 is 32.6 Å². The highest BCUT2D eigenvalue weighted by molar-refractivity contribution is 6.13. The van der Waals surface area contributed by atoms with E-state index in [0.29, 0.717) is 0 Å². The first kappa shape index (κ1) is 14.0. The second kappa shape index (κ2) is 5.31. The van der Waals surface area contributed by atoms with E-state index in [1.54, 1.807) is 7.11 Å². The number of hydrogen-bond acceptors (Lipinski definition) is 3. The first-order valence-electron chi connectivity index (χ1n) is 8.13. The fourth-order valence-electron chi connectivity index (χ4n) is 3.45. The van der Waals surface area contributed by atoms with Gasteiger partial charge in [0, 0.05) is 46.4 Å². The second-order valence-corrected chi connectivity index (χ2v) is 6.03. The zero-order valence-electron chi connectivity index (χ0n) is 13.7. The lowest BCUT2D eigenvalue weighted by atomic mass is 10.0. The molecule has 4 nitrogen and oxygen atoms in total. The van der Waals surface area contributed by atoms with Gasteiger partial charge >= 0.3 is 0 Å². The van der Waals surface area contributed by atoms with Crippen LogP contribution in [0.25, 0.3) is 43.8 Å². The number of pyridine rings is 2. The maximum Gasteiger partial charge on any atom is 0.120 e. The van der Waals surface area contributed by atoms with Crippen molar-refractivity contribution in [3.8, 4) is 17.0 Å². The molecule has 0 saturated heterocycles. The number of aromatic nitrogens is 3. The fraction of sp³-hybridized carbons (Fsp3) is 0.0476. The lowest BCUT2D eigenvalue weighted by molar-refractivity contribution is 0.415. The molecule has 5 rings (SSSR count). The third-order valence-corrected chi connectivity index (χ3v) is 4.65. The predicted octanol–water partition coefficient (Wildman–Crippen LogP) is 4.94. The normalized spacial score (nSPS) is 11.4. The molecule has 0 bridgehead atoms. The highest BCUT2D eigenvalue weighted by Gasteiger charge is 2.13. The Bertz CT molecular complexity index is 1230. The third kappa shape index (κ3) is 2.08. The van der Waals surface area contributed by atoms with Gasteiger partial charge in [0.1, 0.15) is 5.75 Å². The molecular formula is C21H15N3O. The lowest BCUT2D eigenvalue weighted by Crippen LogP contribution is -1.88. The average molecular weight is 325 g/mol. The first-order chi connectivity index (χ1) is 12.3. The molecule has 0 saturated carbocycles. The highest BCUT2D eigenvalue weighted by atomic mass is 16.5. The highest BCUT2D eigenvalue weighted by Crippen LogP contribution is 2.35. The number of hydrogen-bond donors (Lipinski definition) is 1. The van der Waals surface area contributed by atoms with Crippen molar-refractivity contribution in [2.75, 3.05) is 7.11 Å². The summed E-state index contributed by atoms with van der Waals surface area (Å²) in [7, 11) is 1.68. The van der Waals surface area contributed by atoms with Gasteiger partial charge in [0.25, 0.3) is 0 Å². The number of rotatable bonds is 2. The molecule has 3 aromatic heterocycles. The molecular weight excluding hydrogens is 310 g/mol. The number of fused-ring (bicyclic) bond motifs is 4. The molecule has 0 radical (unpaired) electrons. The van der Waals surface area contributed by atoms with Crippen molar-refractivity contribution in [2.45, 2.75) is 0 Å². The maximum absolute atomic E-state index is 5.35. The molecule has 0 aliphatic heterocycles. The molecule has 4 heteroatoms. The molecule has 120 valence electrons. The lowest BCUT2D eigenvalue weighted by Gasteiger charge is -2.06. The summed E-state index contributed by atoms with van der Waals surface area (Å²) < 4.78 is 5.35. The van der Waals surface area contributed by atoms with Crippen LogP contribution in [0, 0.1) is 0 Å². The fourth-order valence-corrected chi connectivity index (χ4v) is 3.45. The largest absolute Gasteiger partial charge is 0.497 e. The van der Waals surface area contributed by atoms with Crippen molar-refractivity contribution in [3.63, 3.8) is 0 Å². The number of methoxy groups -OCH3 is 1. The maximum atomic E-state index is 5.35. The van der Waals surface area contributed by atoms with E-state index in [1.807, 2.05) is 48.9 Å². The summed E-state index contributed by atoms with van der Waals surface area (Å²) in [6.07, 6.45) is 5.63. The first-order valence-corrected chi connectivity index (χ1v) is 8.13. The molecule has 5 aromatic rings. The van der Waals surface area contributed by atoms with Crippen molar-refractivity contribution in [1.82, 2.24) is 15.0 Å². The van der Waals surface area contributed by atoms with Crippen molar-refractivity contribution in [3.05, 3.63) is 67.1 Å². The van der Waals surface area contributed by atoms with Crippen LogP contribution in [-0.2, 0) is 0 Å². The Kier molecular flexibility index (Phi) is 2.97. The van der Waals surface area contributed by atoms with Gasteiger partial charge in [-0.05, 0) is 23.6 Å². The van der Waals surface area contributed by atoms with Gasteiger partial charge in [-0.15, -0.1) is 0 Å². The van der Waals surface area contributed by atoms with E-state index < -0.39 is 0 Å². The molecule has 0 amide bonds. The molecule has 2 aromatic carbocycles. The number of nitrogens with zero attached hydrogens (tertiary/aromatic N) is 2. The van der Waals surface area contributed by atoms with E-state index in [2.05, 4.69) is 33.2 Å². The molecule has 0 aliphatic rings. The number of H-pyrrole nitrogens is 1. The quantitative estimate of drug-likeness (QED) is 0.500. The van der Waals surface area contributed by atoms with E-state index in [4.69, 9.17) is 4.74 Å². The summed E-state index contributed by atoms with van der Waals surface area (Å²) in [6, 6.07) is 16.4. The van der Waals surface area contributed by atoms with Crippen molar-refractivity contribution < 1.29 is 4.74 Å². The molecule has 0 unspecified atom stereocenters. The van der Waals surface area contributed by atoms with E-state index in [9.17, 15) is 0 Å². The Labute approximate surface area is 144 Å². The van der Waals surface area contributed by atoms with Crippen LogP contribution in [-0.4, -0.2) is 22.1 Å². The summed E-state index contributed by atoms with van der Waals surface area (Å²) in [5.41, 5.74) is 4.00. The summed E-state index contributed by atoms with van der Waals surface area (Å²) in [6.45, 7) is 0. The van der Waals surface area contributed by atoms with Gasteiger partial charge in [-0.2, -0.15) is 0 Å². The minimum atomic E-state index is 0.834. The van der Waals surface area contributed by atoms with Gasteiger partial charge < -0.3 is 9.72 Å². The van der Waals surface area contributed by atoms with Crippen molar-refractivity contribution in [1.29, 1.82) is 0 Å². The minimum Gasteiger partial charge on any atom is -0.497 e. The second-order valence-electron chi connectivity index (χ2n) is 6.03. The molecule has 0 atom stereocenters. The van der Waals surface area contributed by atoms with Gasteiger partial charge in [-0.1, -0.05) is 24.3 Å². The van der Waals surface area contributed by atoms with Crippen LogP contribution < -0.4 is 4.74 Å². The zero-order valence-corrected chi connectivity index (χ0v) is 13.7. The number of benzene rings is 2. The molecule has 25 heavy (non-hydrogen) atoms. The van der Waals surface area contributed by atoms with Gasteiger partial charge in [0.05, 0.1) is 23.8 Å². The molecule has 0 fully saturated rings. The monoisotopic (exact) mass is 325 g/mol. The van der Waals surface area contributed by atoms with Crippen molar-refractivity contribution in [2.24, 2.45) is 0 Å². The van der Waals surface area contributed by atoms with Crippen LogP contribution in [0.4, 0.5) is 0 Å². The summed E-state index contributed by atoms with van der Waals surface area (Å²) in [4.78, 5) is 12.6. The van der Waals surface area contributed by atoms with Crippen LogP contribution in [0.5, 0.6) is 5.75 Å².